The lowest BCUT2D eigenvalue weighted by atomic mass is 10.1. The maximum atomic E-state index is 10.6. The van der Waals surface area contributed by atoms with Crippen LogP contribution in [0.25, 0.3) is 0 Å². The zero-order chi connectivity index (χ0) is 9.42. The Morgan fingerprint density at radius 2 is 2.38 bits per heavy atom. The SMILES string of the molecule is O=C(O)N1CCc2onc(O)c2C1. The Bertz CT molecular complexity index is 346. The molecule has 1 aromatic heterocycles. The molecule has 1 amide bonds. The highest BCUT2D eigenvalue weighted by atomic mass is 16.5. The number of nitrogens with zero attached hydrogens (tertiary/aromatic N) is 2. The van der Waals surface area contributed by atoms with Gasteiger partial charge in [0.05, 0.1) is 12.1 Å². The summed E-state index contributed by atoms with van der Waals surface area (Å²) in [7, 11) is 0. The summed E-state index contributed by atoms with van der Waals surface area (Å²) in [6.45, 7) is 0.539. The van der Waals surface area contributed by atoms with E-state index in [4.69, 9.17) is 9.63 Å². The fourth-order valence-electron chi connectivity index (χ4n) is 1.36. The van der Waals surface area contributed by atoms with Crippen LogP contribution in [0, 0.1) is 0 Å². The van der Waals surface area contributed by atoms with E-state index in [-0.39, 0.29) is 12.4 Å². The lowest BCUT2D eigenvalue weighted by Gasteiger charge is -2.22. The van der Waals surface area contributed by atoms with Crippen LogP contribution in [-0.4, -0.2) is 32.9 Å². The Morgan fingerprint density at radius 1 is 1.62 bits per heavy atom. The number of amides is 1. The number of aromatic hydroxyl groups is 1. The van der Waals surface area contributed by atoms with Gasteiger partial charge in [-0.25, -0.2) is 4.79 Å². The van der Waals surface area contributed by atoms with E-state index >= 15 is 0 Å². The average molecular weight is 184 g/mol. The number of carboxylic acid groups (broad SMARTS) is 1. The van der Waals surface area contributed by atoms with Gasteiger partial charge in [-0.15, -0.1) is 0 Å². The van der Waals surface area contributed by atoms with Gasteiger partial charge >= 0.3 is 6.09 Å². The first-order valence-electron chi connectivity index (χ1n) is 3.82. The van der Waals surface area contributed by atoms with E-state index in [1.807, 2.05) is 0 Å². The molecule has 70 valence electrons. The molecular formula is C7H8N2O4. The van der Waals surface area contributed by atoms with Crippen LogP contribution in [0.15, 0.2) is 4.52 Å². The predicted molar refractivity (Wildman–Crippen MR) is 40.3 cm³/mol. The standard InChI is InChI=1S/C7H8N2O4/c10-6-4-3-9(7(11)12)2-1-5(4)13-8-6/h1-3H2,(H,8,10)(H,11,12). The highest BCUT2D eigenvalue weighted by Gasteiger charge is 2.26. The Morgan fingerprint density at radius 3 is 3.08 bits per heavy atom. The molecule has 0 spiro atoms. The smallest absolute Gasteiger partial charge is 0.407 e. The van der Waals surface area contributed by atoms with Gasteiger partial charge in [-0.05, 0) is 5.16 Å². The zero-order valence-corrected chi connectivity index (χ0v) is 6.73. The first-order chi connectivity index (χ1) is 6.18. The van der Waals surface area contributed by atoms with Crippen LogP contribution in [0.2, 0.25) is 0 Å². The molecule has 6 nitrogen and oxygen atoms in total. The number of hydrogen-bond donors (Lipinski definition) is 2. The minimum Gasteiger partial charge on any atom is -0.491 e. The largest absolute Gasteiger partial charge is 0.491 e. The topological polar surface area (TPSA) is 86.8 Å². The molecule has 2 heterocycles. The highest BCUT2D eigenvalue weighted by molar-refractivity contribution is 5.65. The van der Waals surface area contributed by atoms with Gasteiger partial charge in [-0.1, -0.05) is 0 Å². The molecule has 0 bridgehead atoms. The normalized spacial score (nSPS) is 15.5. The van der Waals surface area contributed by atoms with Crippen molar-refractivity contribution in [3.05, 3.63) is 11.3 Å². The first kappa shape index (κ1) is 7.90. The molecule has 0 unspecified atom stereocenters. The van der Waals surface area contributed by atoms with Crippen LogP contribution in [-0.2, 0) is 13.0 Å². The third-order valence-electron chi connectivity index (χ3n) is 2.08. The summed E-state index contributed by atoms with van der Waals surface area (Å²) >= 11 is 0. The van der Waals surface area contributed by atoms with Gasteiger partial charge in [0.25, 0.3) is 5.88 Å². The van der Waals surface area contributed by atoms with Crippen molar-refractivity contribution in [3.8, 4) is 5.88 Å². The quantitative estimate of drug-likeness (QED) is 0.610. The second kappa shape index (κ2) is 2.65. The van der Waals surface area contributed by atoms with E-state index in [2.05, 4.69) is 5.16 Å². The van der Waals surface area contributed by atoms with Gasteiger partial charge in [0, 0.05) is 13.0 Å². The summed E-state index contributed by atoms with van der Waals surface area (Å²) in [4.78, 5) is 11.8. The second-order valence-electron chi connectivity index (χ2n) is 2.86. The molecule has 1 aromatic rings. The summed E-state index contributed by atoms with van der Waals surface area (Å²) in [5, 5.41) is 21.2. The summed E-state index contributed by atoms with van der Waals surface area (Å²) in [5.74, 6) is 0.371. The van der Waals surface area contributed by atoms with Crippen LogP contribution >= 0.6 is 0 Å². The van der Waals surface area contributed by atoms with Crippen LogP contribution in [0.5, 0.6) is 5.88 Å². The molecule has 6 heteroatoms. The Hall–Kier alpha value is -1.72. The van der Waals surface area contributed by atoms with Crippen molar-refractivity contribution >= 4 is 6.09 Å². The molecule has 0 fully saturated rings. The lowest BCUT2D eigenvalue weighted by molar-refractivity contribution is 0.137. The van der Waals surface area contributed by atoms with Crippen LogP contribution in [0.3, 0.4) is 0 Å². The van der Waals surface area contributed by atoms with Crippen molar-refractivity contribution in [1.29, 1.82) is 0 Å². The van der Waals surface area contributed by atoms with E-state index in [0.717, 1.165) is 0 Å². The van der Waals surface area contributed by atoms with Gasteiger partial charge in [0.15, 0.2) is 0 Å². The molecule has 0 saturated carbocycles. The lowest BCUT2D eigenvalue weighted by Crippen LogP contribution is -2.34. The molecule has 0 saturated heterocycles. The molecule has 13 heavy (non-hydrogen) atoms. The number of hydrogen-bond acceptors (Lipinski definition) is 4. The molecule has 0 atom stereocenters. The third-order valence-corrected chi connectivity index (χ3v) is 2.08. The number of rotatable bonds is 0. The zero-order valence-electron chi connectivity index (χ0n) is 6.73. The van der Waals surface area contributed by atoms with Crippen molar-refractivity contribution in [2.45, 2.75) is 13.0 Å². The second-order valence-corrected chi connectivity index (χ2v) is 2.86. The van der Waals surface area contributed by atoms with Crippen LogP contribution in [0.1, 0.15) is 11.3 Å². The maximum absolute atomic E-state index is 10.6. The van der Waals surface area contributed by atoms with Crippen molar-refractivity contribution in [1.82, 2.24) is 10.1 Å². The molecule has 1 aliphatic rings. The number of carbonyl (C=O) groups is 1. The van der Waals surface area contributed by atoms with Crippen molar-refractivity contribution < 1.29 is 19.5 Å². The highest BCUT2D eigenvalue weighted by Crippen LogP contribution is 2.26. The monoisotopic (exact) mass is 184 g/mol. The third kappa shape index (κ3) is 1.20. The first-order valence-corrected chi connectivity index (χ1v) is 3.82. The fraction of sp³-hybridized carbons (Fsp3) is 0.429. The summed E-state index contributed by atoms with van der Waals surface area (Å²) in [5.41, 5.74) is 0.480. The van der Waals surface area contributed by atoms with E-state index in [9.17, 15) is 9.90 Å². The van der Waals surface area contributed by atoms with Crippen LogP contribution in [0.4, 0.5) is 4.79 Å². The molecule has 2 rings (SSSR count). The summed E-state index contributed by atoms with van der Waals surface area (Å²) < 4.78 is 4.80. The summed E-state index contributed by atoms with van der Waals surface area (Å²) in [6.07, 6.45) is -0.527. The van der Waals surface area contributed by atoms with E-state index in [0.29, 0.717) is 24.3 Å². The number of aromatic nitrogens is 1. The minimum absolute atomic E-state index is 0.153. The molecular weight excluding hydrogens is 176 g/mol. The van der Waals surface area contributed by atoms with Gasteiger partial charge in [-0.2, -0.15) is 0 Å². The van der Waals surface area contributed by atoms with Gasteiger partial charge in [-0.3, -0.25) is 0 Å². The van der Waals surface area contributed by atoms with E-state index in [1.165, 1.54) is 4.90 Å². The van der Waals surface area contributed by atoms with Crippen LogP contribution < -0.4 is 0 Å². The Balaban J connectivity index is 2.27. The van der Waals surface area contributed by atoms with Crippen molar-refractivity contribution in [2.24, 2.45) is 0 Å². The molecule has 0 radical (unpaired) electrons. The molecule has 1 aliphatic heterocycles. The Kier molecular flexibility index (Phi) is 1.61. The molecule has 0 aromatic carbocycles. The van der Waals surface area contributed by atoms with Gasteiger partial charge in [0.2, 0.25) is 0 Å². The van der Waals surface area contributed by atoms with E-state index < -0.39 is 6.09 Å². The number of fused-ring (bicyclic) bond motifs is 1. The summed E-state index contributed by atoms with van der Waals surface area (Å²) in [6, 6.07) is 0. The van der Waals surface area contributed by atoms with Crippen molar-refractivity contribution in [3.63, 3.8) is 0 Å². The predicted octanol–water partition coefficient (Wildman–Crippen LogP) is 0.416. The molecule has 2 N–H and O–H groups in total. The average Bonchev–Trinajstić information content (AvgIpc) is 2.47. The Labute approximate surface area is 73.4 Å². The van der Waals surface area contributed by atoms with E-state index in [1.54, 1.807) is 0 Å². The van der Waals surface area contributed by atoms with Gasteiger partial charge in [0.1, 0.15) is 5.76 Å². The molecule has 0 aliphatic carbocycles. The fourth-order valence-corrected chi connectivity index (χ4v) is 1.36. The maximum Gasteiger partial charge on any atom is 0.407 e. The van der Waals surface area contributed by atoms with Crippen molar-refractivity contribution in [2.75, 3.05) is 6.54 Å². The van der Waals surface area contributed by atoms with Gasteiger partial charge < -0.3 is 19.6 Å². The minimum atomic E-state index is -0.994.